The van der Waals surface area contributed by atoms with E-state index >= 15 is 0 Å². The summed E-state index contributed by atoms with van der Waals surface area (Å²) in [4.78, 5) is 13.7. The Bertz CT molecular complexity index is 326. The summed E-state index contributed by atoms with van der Waals surface area (Å²) in [5, 5.41) is 0. The Hall–Kier alpha value is -1.25. The van der Waals surface area contributed by atoms with Crippen LogP contribution in [0.5, 0.6) is 0 Å². The fourth-order valence-corrected chi connectivity index (χ4v) is 2.83. The first-order valence-electron chi connectivity index (χ1n) is 7.25. The molecule has 0 aromatic heterocycles. The molecule has 0 aliphatic heterocycles. The summed E-state index contributed by atoms with van der Waals surface area (Å²) in [5.74, 6) is 0.998. The third-order valence-electron chi connectivity index (χ3n) is 3.75. The van der Waals surface area contributed by atoms with Crippen molar-refractivity contribution in [2.75, 3.05) is 0 Å². The van der Waals surface area contributed by atoms with Gasteiger partial charge in [-0.3, -0.25) is 0 Å². The summed E-state index contributed by atoms with van der Waals surface area (Å²) in [6, 6.07) is 0.293. The van der Waals surface area contributed by atoms with Crippen LogP contribution in [0.15, 0.2) is 25.0 Å². The van der Waals surface area contributed by atoms with Crippen molar-refractivity contribution in [2.24, 2.45) is 11.8 Å². The van der Waals surface area contributed by atoms with Gasteiger partial charge in [0, 0.05) is 12.1 Å². The highest BCUT2D eigenvalue weighted by molar-refractivity contribution is 5.68. The molecule has 1 amide bonds. The molecule has 1 fully saturated rings. The van der Waals surface area contributed by atoms with E-state index in [0.29, 0.717) is 11.8 Å². The monoisotopic (exact) mass is 265 g/mol. The molecule has 0 bridgehead atoms. The van der Waals surface area contributed by atoms with Crippen LogP contribution >= 0.6 is 0 Å². The summed E-state index contributed by atoms with van der Waals surface area (Å²) in [6.07, 6.45) is 8.89. The molecular formula is C16H27NO2. The number of allylic oxidation sites excluding steroid dienone is 2. The Kier molecular flexibility index (Phi) is 6.13. The third kappa shape index (κ3) is 4.41. The summed E-state index contributed by atoms with van der Waals surface area (Å²) >= 11 is 0. The van der Waals surface area contributed by atoms with Crippen LogP contribution in [-0.2, 0) is 4.74 Å². The van der Waals surface area contributed by atoms with E-state index in [1.165, 1.54) is 12.8 Å². The molecular weight excluding hydrogens is 238 g/mol. The van der Waals surface area contributed by atoms with Crippen molar-refractivity contribution >= 4 is 6.09 Å². The van der Waals surface area contributed by atoms with Gasteiger partial charge in [-0.2, -0.15) is 0 Å². The molecule has 3 heteroatoms. The quantitative estimate of drug-likeness (QED) is 0.546. The highest BCUT2D eigenvalue weighted by Gasteiger charge is 2.23. The lowest BCUT2D eigenvalue weighted by atomic mass is 9.97. The van der Waals surface area contributed by atoms with Gasteiger partial charge in [-0.15, -0.1) is 6.58 Å². The number of carbonyl (C=O) groups is 1. The van der Waals surface area contributed by atoms with Crippen molar-refractivity contribution in [3.63, 3.8) is 0 Å². The number of rotatable bonds is 5. The summed E-state index contributed by atoms with van der Waals surface area (Å²) < 4.78 is 5.25. The Morgan fingerprint density at radius 2 is 1.79 bits per heavy atom. The molecule has 0 saturated heterocycles. The summed E-state index contributed by atoms with van der Waals surface area (Å²) in [7, 11) is 0. The topological polar surface area (TPSA) is 29.5 Å². The molecule has 108 valence electrons. The molecule has 1 saturated carbocycles. The highest BCUT2D eigenvalue weighted by atomic mass is 16.5. The highest BCUT2D eigenvalue weighted by Crippen LogP contribution is 2.33. The van der Waals surface area contributed by atoms with E-state index in [1.807, 2.05) is 39.8 Å². The zero-order valence-corrected chi connectivity index (χ0v) is 12.6. The van der Waals surface area contributed by atoms with Gasteiger partial charge in [0.05, 0.1) is 6.26 Å². The zero-order valence-electron chi connectivity index (χ0n) is 12.6. The van der Waals surface area contributed by atoms with Gasteiger partial charge in [0.2, 0.25) is 0 Å². The fraction of sp³-hybridized carbons (Fsp3) is 0.688. The van der Waals surface area contributed by atoms with Gasteiger partial charge in [0.25, 0.3) is 0 Å². The van der Waals surface area contributed by atoms with Gasteiger partial charge in [-0.25, -0.2) is 4.79 Å². The van der Waals surface area contributed by atoms with Crippen LogP contribution in [0.4, 0.5) is 4.79 Å². The molecule has 0 radical (unpaired) electrons. The molecule has 0 unspecified atom stereocenters. The van der Waals surface area contributed by atoms with Crippen molar-refractivity contribution in [1.29, 1.82) is 0 Å². The van der Waals surface area contributed by atoms with Crippen LogP contribution in [-0.4, -0.2) is 23.1 Å². The molecule has 1 aliphatic carbocycles. The molecule has 0 N–H and O–H groups in total. The SMILES string of the molecule is C=C[C@H]1CCC[C@H]1/C=C\OC(=O)N(C(C)C)C(C)C. The van der Waals surface area contributed by atoms with Crippen LogP contribution in [0.2, 0.25) is 0 Å². The second-order valence-corrected chi connectivity index (χ2v) is 5.80. The van der Waals surface area contributed by atoms with Crippen molar-refractivity contribution in [3.8, 4) is 0 Å². The normalized spacial score (nSPS) is 23.3. The second kappa shape index (κ2) is 7.37. The minimum atomic E-state index is -0.269. The Labute approximate surface area is 117 Å². The molecule has 0 aromatic carbocycles. The van der Waals surface area contributed by atoms with Gasteiger partial charge in [0.1, 0.15) is 0 Å². The minimum absolute atomic E-state index is 0.147. The van der Waals surface area contributed by atoms with E-state index in [4.69, 9.17) is 4.74 Å². The predicted molar refractivity (Wildman–Crippen MR) is 78.8 cm³/mol. The number of hydrogen-bond acceptors (Lipinski definition) is 2. The molecule has 19 heavy (non-hydrogen) atoms. The number of amides is 1. The smallest absolute Gasteiger partial charge is 0.415 e. The second-order valence-electron chi connectivity index (χ2n) is 5.80. The van der Waals surface area contributed by atoms with Crippen LogP contribution < -0.4 is 0 Å². The van der Waals surface area contributed by atoms with E-state index in [-0.39, 0.29) is 18.2 Å². The maximum Gasteiger partial charge on any atom is 0.415 e. The van der Waals surface area contributed by atoms with Crippen LogP contribution in [0, 0.1) is 11.8 Å². The van der Waals surface area contributed by atoms with E-state index < -0.39 is 0 Å². The Balaban J connectivity index is 2.51. The molecule has 0 spiro atoms. The van der Waals surface area contributed by atoms with Gasteiger partial charge in [0.15, 0.2) is 0 Å². The predicted octanol–water partition coefficient (Wildman–Crippen LogP) is 4.36. The molecule has 3 nitrogen and oxygen atoms in total. The fourth-order valence-electron chi connectivity index (χ4n) is 2.83. The first kappa shape index (κ1) is 15.8. The summed E-state index contributed by atoms with van der Waals surface area (Å²) in [5.41, 5.74) is 0. The lowest BCUT2D eigenvalue weighted by molar-refractivity contribution is 0.108. The molecule has 1 aliphatic rings. The number of ether oxygens (including phenoxy) is 1. The Morgan fingerprint density at radius 3 is 2.32 bits per heavy atom. The van der Waals surface area contributed by atoms with E-state index in [2.05, 4.69) is 6.58 Å². The van der Waals surface area contributed by atoms with Gasteiger partial charge >= 0.3 is 6.09 Å². The van der Waals surface area contributed by atoms with E-state index in [9.17, 15) is 4.79 Å². The first-order chi connectivity index (χ1) is 8.97. The molecule has 0 aromatic rings. The van der Waals surface area contributed by atoms with Gasteiger partial charge in [-0.05, 0) is 58.4 Å². The van der Waals surface area contributed by atoms with E-state index in [1.54, 1.807) is 11.2 Å². The number of hydrogen-bond donors (Lipinski definition) is 0. The summed E-state index contributed by atoms with van der Waals surface area (Å²) in [6.45, 7) is 11.8. The maximum absolute atomic E-state index is 12.0. The first-order valence-corrected chi connectivity index (χ1v) is 7.25. The van der Waals surface area contributed by atoms with Crippen molar-refractivity contribution in [3.05, 3.63) is 25.0 Å². The van der Waals surface area contributed by atoms with Gasteiger partial charge in [-0.1, -0.05) is 12.5 Å². The molecule has 1 rings (SSSR count). The standard InChI is InChI=1S/C16H27NO2/c1-6-14-8-7-9-15(14)10-11-19-16(18)17(12(2)3)13(4)5/h6,10-15H,1,7-9H2,2-5H3/b11-10-/t14-,15-/m0/s1. The average Bonchev–Trinajstić information content (AvgIpc) is 2.75. The van der Waals surface area contributed by atoms with Crippen molar-refractivity contribution in [2.45, 2.75) is 59.0 Å². The zero-order chi connectivity index (χ0) is 14.4. The number of nitrogens with zero attached hydrogens (tertiary/aromatic N) is 1. The molecule has 0 heterocycles. The van der Waals surface area contributed by atoms with Crippen molar-refractivity contribution < 1.29 is 9.53 Å². The van der Waals surface area contributed by atoms with Crippen LogP contribution in [0.25, 0.3) is 0 Å². The number of carbonyl (C=O) groups excluding carboxylic acids is 1. The van der Waals surface area contributed by atoms with Crippen LogP contribution in [0.3, 0.4) is 0 Å². The largest absolute Gasteiger partial charge is 0.418 e. The van der Waals surface area contributed by atoms with Crippen molar-refractivity contribution in [1.82, 2.24) is 4.90 Å². The maximum atomic E-state index is 12.0. The van der Waals surface area contributed by atoms with Gasteiger partial charge < -0.3 is 9.64 Å². The lowest BCUT2D eigenvalue weighted by Gasteiger charge is -2.29. The van der Waals surface area contributed by atoms with E-state index in [0.717, 1.165) is 6.42 Å². The average molecular weight is 265 g/mol. The lowest BCUT2D eigenvalue weighted by Crippen LogP contribution is -2.41. The molecule has 2 atom stereocenters. The van der Waals surface area contributed by atoms with Crippen LogP contribution in [0.1, 0.15) is 47.0 Å². The Morgan fingerprint density at radius 1 is 1.21 bits per heavy atom. The minimum Gasteiger partial charge on any atom is -0.418 e. The third-order valence-corrected chi connectivity index (χ3v) is 3.75.